The van der Waals surface area contributed by atoms with Gasteiger partial charge in [0.15, 0.2) is 0 Å². The number of anilines is 1. The second kappa shape index (κ2) is 8.06. The fourth-order valence-electron chi connectivity index (χ4n) is 2.72. The molecule has 1 aromatic rings. The van der Waals surface area contributed by atoms with Crippen molar-refractivity contribution in [3.63, 3.8) is 0 Å². The van der Waals surface area contributed by atoms with E-state index < -0.39 is 11.9 Å². The molecule has 0 aromatic heterocycles. The second-order valence-electron chi connectivity index (χ2n) is 6.14. The van der Waals surface area contributed by atoms with Crippen molar-refractivity contribution in [3.8, 4) is 0 Å². The van der Waals surface area contributed by atoms with Gasteiger partial charge in [-0.3, -0.25) is 14.5 Å². The van der Waals surface area contributed by atoms with Crippen LogP contribution in [-0.4, -0.2) is 42.4 Å². The van der Waals surface area contributed by atoms with E-state index in [1.807, 2.05) is 0 Å². The van der Waals surface area contributed by atoms with Crippen molar-refractivity contribution < 1.29 is 14.0 Å². The van der Waals surface area contributed by atoms with Gasteiger partial charge in [0.05, 0.1) is 12.6 Å². The minimum atomic E-state index is -0.402. The number of nitrogens with one attached hydrogen (secondary N) is 2. The Bertz CT molecular complexity index is 559. The summed E-state index contributed by atoms with van der Waals surface area (Å²) in [4.78, 5) is 25.9. The Morgan fingerprint density at radius 2 is 2.04 bits per heavy atom. The van der Waals surface area contributed by atoms with Gasteiger partial charge in [0.25, 0.3) is 0 Å². The summed E-state index contributed by atoms with van der Waals surface area (Å²) in [7, 11) is 1.73. The number of carbonyl (C=O) groups is 2. The Kier molecular flexibility index (Phi) is 6.10. The van der Waals surface area contributed by atoms with Gasteiger partial charge < -0.3 is 10.6 Å². The molecule has 0 radical (unpaired) electrons. The molecule has 0 spiro atoms. The summed E-state index contributed by atoms with van der Waals surface area (Å²) >= 11 is 0. The molecule has 1 aliphatic carbocycles. The van der Waals surface area contributed by atoms with Crippen LogP contribution >= 0.6 is 0 Å². The first-order valence-electron chi connectivity index (χ1n) is 8.01. The SMILES string of the molecule is C[C@@H](C(=O)NC1CCCC1)N(C)CC(=O)Nc1cccc(F)c1. The molecule has 1 saturated carbocycles. The van der Waals surface area contributed by atoms with Crippen LogP contribution in [-0.2, 0) is 9.59 Å². The van der Waals surface area contributed by atoms with Crippen molar-refractivity contribution in [2.45, 2.75) is 44.7 Å². The Hall–Kier alpha value is -1.95. The van der Waals surface area contributed by atoms with Crippen molar-refractivity contribution in [2.24, 2.45) is 0 Å². The number of halogens is 1. The highest BCUT2D eigenvalue weighted by atomic mass is 19.1. The number of hydrogen-bond acceptors (Lipinski definition) is 3. The first-order chi connectivity index (χ1) is 11.0. The van der Waals surface area contributed by atoms with E-state index in [4.69, 9.17) is 0 Å². The Morgan fingerprint density at radius 1 is 1.35 bits per heavy atom. The third-order valence-electron chi connectivity index (χ3n) is 4.24. The smallest absolute Gasteiger partial charge is 0.238 e. The quantitative estimate of drug-likeness (QED) is 0.844. The summed E-state index contributed by atoms with van der Waals surface area (Å²) in [6.07, 6.45) is 4.38. The highest BCUT2D eigenvalue weighted by Gasteiger charge is 2.24. The predicted molar refractivity (Wildman–Crippen MR) is 87.5 cm³/mol. The normalized spacial score (nSPS) is 16.3. The molecule has 1 aromatic carbocycles. The molecule has 0 heterocycles. The van der Waals surface area contributed by atoms with E-state index in [9.17, 15) is 14.0 Å². The van der Waals surface area contributed by atoms with Crippen LogP contribution in [0.15, 0.2) is 24.3 Å². The second-order valence-corrected chi connectivity index (χ2v) is 6.14. The van der Waals surface area contributed by atoms with Crippen LogP contribution in [0.2, 0.25) is 0 Å². The van der Waals surface area contributed by atoms with Crippen LogP contribution in [0.4, 0.5) is 10.1 Å². The molecule has 2 N–H and O–H groups in total. The topological polar surface area (TPSA) is 61.4 Å². The van der Waals surface area contributed by atoms with Crippen LogP contribution in [0.1, 0.15) is 32.6 Å². The lowest BCUT2D eigenvalue weighted by Crippen LogP contribution is -2.48. The summed E-state index contributed by atoms with van der Waals surface area (Å²) in [6.45, 7) is 1.84. The third kappa shape index (κ3) is 5.32. The molecule has 0 saturated heterocycles. The molecule has 0 aliphatic heterocycles. The monoisotopic (exact) mass is 321 g/mol. The van der Waals surface area contributed by atoms with Crippen LogP contribution < -0.4 is 10.6 Å². The standard InChI is InChI=1S/C17H24FN3O2/c1-12(17(23)20-14-7-3-4-8-14)21(2)11-16(22)19-15-9-5-6-13(18)10-15/h5-6,9-10,12,14H,3-4,7-8,11H2,1-2H3,(H,19,22)(H,20,23)/t12-/m0/s1. The molecule has 0 unspecified atom stereocenters. The average molecular weight is 321 g/mol. The van der Waals surface area contributed by atoms with Crippen LogP contribution in [0.3, 0.4) is 0 Å². The number of rotatable bonds is 6. The van der Waals surface area contributed by atoms with Crippen LogP contribution in [0.25, 0.3) is 0 Å². The first kappa shape index (κ1) is 17.4. The van der Waals surface area contributed by atoms with E-state index in [0.717, 1.165) is 25.7 Å². The summed E-state index contributed by atoms with van der Waals surface area (Å²) in [5.41, 5.74) is 0.409. The lowest BCUT2D eigenvalue weighted by atomic mass is 10.2. The van der Waals surface area contributed by atoms with Gasteiger partial charge in [-0.15, -0.1) is 0 Å². The highest BCUT2D eigenvalue weighted by molar-refractivity contribution is 5.92. The summed E-state index contributed by atoms with van der Waals surface area (Å²) in [5, 5.41) is 5.66. The van der Waals surface area contributed by atoms with Crippen molar-refractivity contribution in [1.29, 1.82) is 0 Å². The van der Waals surface area contributed by atoms with Gasteiger partial charge in [-0.25, -0.2) is 4.39 Å². The third-order valence-corrected chi connectivity index (χ3v) is 4.24. The minimum absolute atomic E-state index is 0.0574. The zero-order valence-electron chi connectivity index (χ0n) is 13.6. The molecular formula is C17H24FN3O2. The minimum Gasteiger partial charge on any atom is -0.352 e. The van der Waals surface area contributed by atoms with Crippen LogP contribution in [0, 0.1) is 5.82 Å². The number of carbonyl (C=O) groups excluding carboxylic acids is 2. The number of amides is 2. The number of benzene rings is 1. The fourth-order valence-corrected chi connectivity index (χ4v) is 2.72. The van der Waals surface area contributed by atoms with E-state index in [-0.39, 0.29) is 24.4 Å². The molecular weight excluding hydrogens is 297 g/mol. The highest BCUT2D eigenvalue weighted by Crippen LogP contribution is 2.17. The van der Waals surface area contributed by atoms with Gasteiger partial charge in [0.2, 0.25) is 11.8 Å². The lowest BCUT2D eigenvalue weighted by molar-refractivity contribution is -0.127. The van der Waals surface area contributed by atoms with Crippen molar-refractivity contribution in [3.05, 3.63) is 30.1 Å². The molecule has 2 amide bonds. The van der Waals surface area contributed by atoms with Crippen LogP contribution in [0.5, 0.6) is 0 Å². The van der Waals surface area contributed by atoms with E-state index in [2.05, 4.69) is 10.6 Å². The average Bonchev–Trinajstić information content (AvgIpc) is 2.99. The lowest BCUT2D eigenvalue weighted by Gasteiger charge is -2.25. The van der Waals surface area contributed by atoms with Crippen molar-refractivity contribution >= 4 is 17.5 Å². The van der Waals surface area contributed by atoms with Crippen molar-refractivity contribution in [1.82, 2.24) is 10.2 Å². The molecule has 6 heteroatoms. The summed E-state index contributed by atoms with van der Waals surface area (Å²) in [6, 6.07) is 5.60. The largest absolute Gasteiger partial charge is 0.352 e. The summed E-state index contributed by atoms with van der Waals surface area (Å²) in [5.74, 6) is -0.739. The number of nitrogens with zero attached hydrogens (tertiary/aromatic N) is 1. The molecule has 2 rings (SSSR count). The molecule has 23 heavy (non-hydrogen) atoms. The zero-order chi connectivity index (χ0) is 16.8. The zero-order valence-corrected chi connectivity index (χ0v) is 13.6. The fraction of sp³-hybridized carbons (Fsp3) is 0.529. The predicted octanol–water partition coefficient (Wildman–Crippen LogP) is 2.14. The Balaban J connectivity index is 1.80. The maximum absolute atomic E-state index is 13.1. The van der Waals surface area contributed by atoms with E-state index >= 15 is 0 Å². The van der Waals surface area contributed by atoms with Gasteiger partial charge in [-0.1, -0.05) is 18.9 Å². The van der Waals surface area contributed by atoms with E-state index in [0.29, 0.717) is 5.69 Å². The maximum atomic E-state index is 13.1. The van der Waals surface area contributed by atoms with Crippen molar-refractivity contribution in [2.75, 3.05) is 18.9 Å². The maximum Gasteiger partial charge on any atom is 0.238 e. The molecule has 1 atom stereocenters. The molecule has 126 valence electrons. The Labute approximate surface area is 136 Å². The van der Waals surface area contributed by atoms with E-state index in [1.54, 1.807) is 24.9 Å². The van der Waals surface area contributed by atoms with Gasteiger partial charge >= 0.3 is 0 Å². The van der Waals surface area contributed by atoms with Gasteiger partial charge in [0, 0.05) is 11.7 Å². The number of hydrogen-bond donors (Lipinski definition) is 2. The molecule has 1 aliphatic rings. The molecule has 1 fully saturated rings. The van der Waals surface area contributed by atoms with Gasteiger partial charge in [0.1, 0.15) is 5.82 Å². The van der Waals surface area contributed by atoms with Gasteiger partial charge in [-0.2, -0.15) is 0 Å². The number of likely N-dealkylation sites (N-methyl/N-ethyl adjacent to an activating group) is 1. The first-order valence-corrected chi connectivity index (χ1v) is 8.01. The summed E-state index contributed by atoms with van der Waals surface area (Å²) < 4.78 is 13.1. The molecule has 0 bridgehead atoms. The Morgan fingerprint density at radius 3 is 2.70 bits per heavy atom. The molecule has 5 nitrogen and oxygen atoms in total. The van der Waals surface area contributed by atoms with Gasteiger partial charge in [-0.05, 0) is 45.0 Å². The van der Waals surface area contributed by atoms with E-state index in [1.165, 1.54) is 18.2 Å².